The van der Waals surface area contributed by atoms with Crippen LogP contribution in [0.1, 0.15) is 44.9 Å². The number of primary amides is 1. The van der Waals surface area contributed by atoms with E-state index in [1.165, 1.54) is 18.2 Å². The Morgan fingerprint density at radius 2 is 1.83 bits per heavy atom. The van der Waals surface area contributed by atoms with Crippen molar-refractivity contribution in [1.29, 1.82) is 0 Å². The van der Waals surface area contributed by atoms with Gasteiger partial charge in [0, 0.05) is 24.1 Å². The van der Waals surface area contributed by atoms with Gasteiger partial charge < -0.3 is 15.8 Å². The van der Waals surface area contributed by atoms with Crippen LogP contribution >= 0.6 is 0 Å². The average molecular weight is 398 g/mol. The van der Waals surface area contributed by atoms with Crippen LogP contribution in [0.5, 0.6) is 0 Å². The largest absolute Gasteiger partial charge is 0.442 e. The number of Topliss-reactive ketones (excluding diaryl/α,β-unsaturated/α-hetero) is 1. The molecule has 1 atom stereocenters. The summed E-state index contributed by atoms with van der Waals surface area (Å²) in [6.45, 7) is 0. The average Bonchev–Trinajstić information content (AvgIpc) is 2.65. The minimum absolute atomic E-state index is 0.00293. The van der Waals surface area contributed by atoms with E-state index in [4.69, 9.17) is 10.5 Å². The summed E-state index contributed by atoms with van der Waals surface area (Å²) >= 11 is 0. The van der Waals surface area contributed by atoms with E-state index in [-0.39, 0.29) is 17.3 Å². The van der Waals surface area contributed by atoms with Crippen molar-refractivity contribution in [3.8, 4) is 0 Å². The number of nitrogens with two attached hydrogens (primary N) is 1. The molecule has 0 aromatic carbocycles. The topological polar surface area (TPSA) is 116 Å². The molecule has 1 aliphatic carbocycles. The summed E-state index contributed by atoms with van der Waals surface area (Å²) in [6, 6.07) is 0. The molecular weight excluding hydrogens is 372 g/mol. The zero-order valence-electron chi connectivity index (χ0n) is 16.3. The first kappa shape index (κ1) is 22.1. The summed E-state index contributed by atoms with van der Waals surface area (Å²) in [5.74, 6) is -1.12. The van der Waals surface area contributed by atoms with Crippen LogP contribution in [0.15, 0.2) is 59.9 Å². The molecule has 2 bridgehead atoms. The summed E-state index contributed by atoms with van der Waals surface area (Å²) in [5.41, 5.74) is 5.54. The van der Waals surface area contributed by atoms with Gasteiger partial charge in [0.05, 0.1) is 5.70 Å². The molecule has 154 valence electrons. The van der Waals surface area contributed by atoms with Crippen molar-refractivity contribution in [3.63, 3.8) is 0 Å². The fourth-order valence-corrected chi connectivity index (χ4v) is 3.04. The molecule has 0 aromatic rings. The van der Waals surface area contributed by atoms with E-state index < -0.39 is 18.1 Å². The summed E-state index contributed by atoms with van der Waals surface area (Å²) < 4.78 is 5.05. The molecule has 0 aromatic heterocycles. The molecule has 0 saturated carbocycles. The number of rotatable bonds is 1. The monoisotopic (exact) mass is 398 g/mol. The van der Waals surface area contributed by atoms with Crippen molar-refractivity contribution in [2.24, 2.45) is 5.73 Å². The lowest BCUT2D eigenvalue weighted by atomic mass is 9.95. The Morgan fingerprint density at radius 3 is 2.62 bits per heavy atom. The molecule has 1 heterocycles. The van der Waals surface area contributed by atoms with E-state index >= 15 is 0 Å². The number of ketones is 2. The van der Waals surface area contributed by atoms with E-state index in [1.807, 2.05) is 12.2 Å². The number of hydrogen-bond acceptors (Lipinski definition) is 5. The number of ether oxygens (including phenoxy) is 1. The van der Waals surface area contributed by atoms with Crippen LogP contribution in [0.2, 0.25) is 0 Å². The van der Waals surface area contributed by atoms with Crippen molar-refractivity contribution >= 4 is 23.6 Å². The molecule has 2 aliphatic rings. The number of nitrogens with one attached hydrogen (secondary N) is 1. The molecular formula is C22H26N2O5. The number of allylic oxidation sites excluding steroid dienone is 6. The van der Waals surface area contributed by atoms with Gasteiger partial charge in [0.1, 0.15) is 6.10 Å². The normalized spacial score (nSPS) is 21.9. The van der Waals surface area contributed by atoms with Gasteiger partial charge in [-0.05, 0) is 37.8 Å². The fourth-order valence-electron chi connectivity index (χ4n) is 3.04. The minimum Gasteiger partial charge on any atom is -0.442 e. The summed E-state index contributed by atoms with van der Waals surface area (Å²) in [5, 5.41) is 2.47. The molecule has 2 rings (SSSR count). The number of amides is 2. The quantitative estimate of drug-likeness (QED) is 0.520. The van der Waals surface area contributed by atoms with Gasteiger partial charge in [-0.1, -0.05) is 37.1 Å². The molecule has 1 unspecified atom stereocenters. The highest BCUT2D eigenvalue weighted by Gasteiger charge is 2.22. The zero-order valence-corrected chi connectivity index (χ0v) is 16.3. The van der Waals surface area contributed by atoms with Crippen molar-refractivity contribution in [2.75, 3.05) is 0 Å². The Morgan fingerprint density at radius 1 is 1.03 bits per heavy atom. The van der Waals surface area contributed by atoms with Crippen molar-refractivity contribution < 1.29 is 23.9 Å². The maximum atomic E-state index is 12.5. The lowest BCUT2D eigenvalue weighted by Gasteiger charge is -2.13. The molecule has 2 amide bonds. The van der Waals surface area contributed by atoms with Gasteiger partial charge in [-0.25, -0.2) is 4.79 Å². The van der Waals surface area contributed by atoms with Crippen LogP contribution < -0.4 is 11.1 Å². The molecule has 0 saturated heterocycles. The molecule has 29 heavy (non-hydrogen) atoms. The summed E-state index contributed by atoms with van der Waals surface area (Å²) in [6.07, 6.45) is 16.5. The highest BCUT2D eigenvalue weighted by atomic mass is 16.6. The fraction of sp³-hybridized carbons (Fsp3) is 0.364. The van der Waals surface area contributed by atoms with Crippen molar-refractivity contribution in [2.45, 2.75) is 51.0 Å². The smallest absolute Gasteiger partial charge is 0.405 e. The summed E-state index contributed by atoms with van der Waals surface area (Å²) in [7, 11) is 0. The number of fused-ring (bicyclic) bond motifs is 2. The number of hydrogen-bond donors (Lipinski definition) is 2. The standard InChI is InChI=1S/C22H26N2O5/c23-22(28)29-18-11-7-4-2-1-3-6-10-16-14-17(25)15-19(21(16)27)24-20(26)13-9-5-8-12-18/h5,7-9,11,13-15,18H,1-4,6,10,12H2,(H2,23,28)(H,24,26). The Labute approximate surface area is 170 Å². The van der Waals surface area contributed by atoms with E-state index in [9.17, 15) is 19.2 Å². The molecule has 0 fully saturated rings. The van der Waals surface area contributed by atoms with Gasteiger partial charge in [-0.3, -0.25) is 14.4 Å². The molecule has 7 nitrogen and oxygen atoms in total. The lowest BCUT2D eigenvalue weighted by molar-refractivity contribution is -0.119. The van der Waals surface area contributed by atoms with Crippen LogP contribution in [-0.4, -0.2) is 29.7 Å². The van der Waals surface area contributed by atoms with Crippen molar-refractivity contribution in [1.82, 2.24) is 5.32 Å². The second kappa shape index (κ2) is 11.6. The number of carbonyl (C=O) groups excluding carboxylic acids is 4. The Kier molecular flexibility index (Phi) is 8.82. The third-order valence-corrected chi connectivity index (χ3v) is 4.45. The van der Waals surface area contributed by atoms with Gasteiger partial charge in [0.2, 0.25) is 11.7 Å². The Bertz CT molecular complexity index is 802. The van der Waals surface area contributed by atoms with Gasteiger partial charge >= 0.3 is 6.09 Å². The second-order valence-electron chi connectivity index (χ2n) is 6.83. The first-order valence-corrected chi connectivity index (χ1v) is 9.73. The van der Waals surface area contributed by atoms with E-state index in [2.05, 4.69) is 5.32 Å². The Hall–Kier alpha value is -3.22. The molecule has 0 spiro atoms. The zero-order chi connectivity index (χ0) is 21.1. The third kappa shape index (κ3) is 8.13. The number of carbonyl (C=O) groups is 4. The predicted molar refractivity (Wildman–Crippen MR) is 109 cm³/mol. The van der Waals surface area contributed by atoms with Crippen LogP contribution in [0.3, 0.4) is 0 Å². The van der Waals surface area contributed by atoms with Crippen LogP contribution in [0, 0.1) is 0 Å². The summed E-state index contributed by atoms with van der Waals surface area (Å²) in [4.78, 5) is 47.4. The highest BCUT2D eigenvalue weighted by Crippen LogP contribution is 2.18. The first-order chi connectivity index (χ1) is 14.0. The predicted octanol–water partition coefficient (Wildman–Crippen LogP) is 2.94. The highest BCUT2D eigenvalue weighted by molar-refractivity contribution is 6.21. The van der Waals surface area contributed by atoms with Crippen LogP contribution in [0.4, 0.5) is 4.79 Å². The Balaban J connectivity index is 2.09. The molecule has 1 aliphatic heterocycles. The lowest BCUT2D eigenvalue weighted by Crippen LogP contribution is -2.29. The van der Waals surface area contributed by atoms with Gasteiger partial charge in [0.25, 0.3) is 0 Å². The van der Waals surface area contributed by atoms with Crippen LogP contribution in [0.25, 0.3) is 0 Å². The van der Waals surface area contributed by atoms with Gasteiger partial charge in [-0.15, -0.1) is 0 Å². The third-order valence-electron chi connectivity index (χ3n) is 4.45. The second-order valence-corrected chi connectivity index (χ2v) is 6.83. The van der Waals surface area contributed by atoms with E-state index in [1.54, 1.807) is 12.2 Å². The van der Waals surface area contributed by atoms with Crippen LogP contribution in [-0.2, 0) is 19.1 Å². The maximum Gasteiger partial charge on any atom is 0.405 e. The first-order valence-electron chi connectivity index (χ1n) is 9.73. The minimum atomic E-state index is -0.839. The molecule has 3 N–H and O–H groups in total. The van der Waals surface area contributed by atoms with Crippen molar-refractivity contribution in [3.05, 3.63) is 59.9 Å². The van der Waals surface area contributed by atoms with Gasteiger partial charge in [-0.2, -0.15) is 0 Å². The maximum absolute atomic E-state index is 12.5. The van der Waals surface area contributed by atoms with E-state index in [0.29, 0.717) is 18.4 Å². The SMILES string of the molecule is NC(=O)OC1C=CCCCCCCC2=CC(=O)C=C(NC(=O)C=CC=CC1)C2=O. The van der Waals surface area contributed by atoms with E-state index in [0.717, 1.165) is 38.2 Å². The molecule has 0 radical (unpaired) electrons. The van der Waals surface area contributed by atoms with Gasteiger partial charge in [0.15, 0.2) is 5.78 Å². The molecule has 7 heteroatoms.